The van der Waals surface area contributed by atoms with Crippen molar-refractivity contribution in [3.63, 3.8) is 0 Å². The number of rotatable bonds is 3. The summed E-state index contributed by atoms with van der Waals surface area (Å²) in [5.41, 5.74) is 4.71. The van der Waals surface area contributed by atoms with Gasteiger partial charge in [0, 0.05) is 30.8 Å². The van der Waals surface area contributed by atoms with E-state index in [1.807, 2.05) is 41.3 Å². The third kappa shape index (κ3) is 3.77. The quantitative estimate of drug-likeness (QED) is 0.668. The van der Waals surface area contributed by atoms with Crippen LogP contribution in [0.3, 0.4) is 0 Å². The second-order valence-electron chi connectivity index (χ2n) is 7.49. The fourth-order valence-corrected chi connectivity index (χ4v) is 3.56. The monoisotopic (exact) mass is 372 g/mol. The van der Waals surface area contributed by atoms with Crippen LogP contribution in [0.5, 0.6) is 5.88 Å². The summed E-state index contributed by atoms with van der Waals surface area (Å²) < 4.78 is 5.94. The van der Waals surface area contributed by atoms with Crippen molar-refractivity contribution in [2.24, 2.45) is 5.92 Å². The number of hydrogen-bond acceptors (Lipinski definition) is 3. The minimum atomic E-state index is -0.0333. The van der Waals surface area contributed by atoms with Crippen LogP contribution in [0.1, 0.15) is 28.4 Å². The number of ether oxygens (including phenoxy) is 1. The van der Waals surface area contributed by atoms with E-state index >= 15 is 0 Å². The molecular weight excluding hydrogens is 348 g/mol. The standard InChI is InChI=1S/C24H24N2O2/c1-17-8-10-20(11-9-17)21-12-13-25-23-22(21)24(27)26(14-18(2)16-28-23)15-19-6-4-3-5-7-19/h3-13,18H,14-16H2,1-2H3/t18-/m0/s1. The molecule has 3 aromatic rings. The van der Waals surface area contributed by atoms with Crippen LogP contribution >= 0.6 is 0 Å². The van der Waals surface area contributed by atoms with Crippen molar-refractivity contribution in [3.05, 3.63) is 83.6 Å². The SMILES string of the molecule is Cc1ccc(-c2ccnc3c2C(=O)N(Cc2ccccc2)C[C@H](C)CO3)cc1. The average Bonchev–Trinajstić information content (AvgIpc) is 2.71. The number of aromatic nitrogens is 1. The average molecular weight is 372 g/mol. The van der Waals surface area contributed by atoms with E-state index in [0.717, 1.165) is 16.7 Å². The molecule has 2 heterocycles. The van der Waals surface area contributed by atoms with Crippen LogP contribution < -0.4 is 4.74 Å². The van der Waals surface area contributed by atoms with E-state index in [1.54, 1.807) is 6.20 Å². The first-order valence-corrected chi connectivity index (χ1v) is 9.64. The molecule has 1 aliphatic rings. The van der Waals surface area contributed by atoms with Crippen LogP contribution in [0, 0.1) is 12.8 Å². The van der Waals surface area contributed by atoms with Crippen LogP contribution in [0.15, 0.2) is 66.9 Å². The molecule has 142 valence electrons. The number of amides is 1. The first kappa shape index (κ1) is 18.2. The van der Waals surface area contributed by atoms with Gasteiger partial charge < -0.3 is 9.64 Å². The molecule has 4 nitrogen and oxygen atoms in total. The summed E-state index contributed by atoms with van der Waals surface area (Å²) in [6.07, 6.45) is 1.72. The number of nitrogens with zero attached hydrogens (tertiary/aromatic N) is 2. The fourth-order valence-electron chi connectivity index (χ4n) is 3.56. The Morgan fingerprint density at radius 3 is 2.57 bits per heavy atom. The molecule has 1 aromatic heterocycles. The molecule has 28 heavy (non-hydrogen) atoms. The zero-order valence-corrected chi connectivity index (χ0v) is 16.3. The van der Waals surface area contributed by atoms with Crippen molar-refractivity contribution in [2.75, 3.05) is 13.2 Å². The molecule has 1 aliphatic heterocycles. The molecule has 2 aromatic carbocycles. The van der Waals surface area contributed by atoms with Crippen molar-refractivity contribution in [1.82, 2.24) is 9.88 Å². The highest BCUT2D eigenvalue weighted by Gasteiger charge is 2.29. The van der Waals surface area contributed by atoms with Crippen LogP contribution in [-0.2, 0) is 6.54 Å². The van der Waals surface area contributed by atoms with Crippen LogP contribution in [0.4, 0.5) is 0 Å². The Labute approximate surface area is 165 Å². The minimum Gasteiger partial charge on any atom is -0.477 e. The second kappa shape index (κ2) is 7.85. The zero-order chi connectivity index (χ0) is 19.5. The molecule has 0 radical (unpaired) electrons. The molecule has 0 aliphatic carbocycles. The largest absolute Gasteiger partial charge is 0.477 e. The molecule has 0 saturated carbocycles. The van der Waals surface area contributed by atoms with Gasteiger partial charge in [0.05, 0.1) is 6.61 Å². The highest BCUT2D eigenvalue weighted by molar-refractivity contribution is 6.03. The smallest absolute Gasteiger partial charge is 0.260 e. The van der Waals surface area contributed by atoms with Gasteiger partial charge in [-0.05, 0) is 24.1 Å². The maximum atomic E-state index is 13.6. The Kier molecular flexibility index (Phi) is 5.11. The van der Waals surface area contributed by atoms with Gasteiger partial charge >= 0.3 is 0 Å². The maximum Gasteiger partial charge on any atom is 0.260 e. The van der Waals surface area contributed by atoms with Crippen LogP contribution in [-0.4, -0.2) is 28.9 Å². The lowest BCUT2D eigenvalue weighted by molar-refractivity contribution is 0.0665. The Morgan fingerprint density at radius 1 is 1.07 bits per heavy atom. The number of carbonyl (C=O) groups is 1. The number of pyridine rings is 1. The van der Waals surface area contributed by atoms with Crippen LogP contribution in [0.2, 0.25) is 0 Å². The molecule has 4 heteroatoms. The predicted molar refractivity (Wildman–Crippen MR) is 110 cm³/mol. The topological polar surface area (TPSA) is 42.4 Å². The predicted octanol–water partition coefficient (Wildman–Crippen LogP) is 4.73. The lowest BCUT2D eigenvalue weighted by Gasteiger charge is -2.30. The lowest BCUT2D eigenvalue weighted by atomic mass is 9.98. The Balaban J connectivity index is 1.78. The highest BCUT2D eigenvalue weighted by atomic mass is 16.5. The Hall–Kier alpha value is -3.14. The van der Waals surface area contributed by atoms with E-state index in [9.17, 15) is 4.79 Å². The van der Waals surface area contributed by atoms with Gasteiger partial charge in [-0.2, -0.15) is 0 Å². The lowest BCUT2D eigenvalue weighted by Crippen LogP contribution is -2.38. The third-order valence-corrected chi connectivity index (χ3v) is 5.03. The Morgan fingerprint density at radius 2 is 1.82 bits per heavy atom. The minimum absolute atomic E-state index is 0.0333. The molecule has 0 N–H and O–H groups in total. The van der Waals surface area contributed by atoms with Gasteiger partial charge in [-0.25, -0.2) is 4.98 Å². The van der Waals surface area contributed by atoms with E-state index in [4.69, 9.17) is 4.74 Å². The van der Waals surface area contributed by atoms with Gasteiger partial charge in [0.2, 0.25) is 5.88 Å². The summed E-state index contributed by atoms with van der Waals surface area (Å²) in [6.45, 7) is 5.91. The molecule has 0 spiro atoms. The van der Waals surface area contributed by atoms with Gasteiger partial charge in [-0.3, -0.25) is 4.79 Å². The summed E-state index contributed by atoms with van der Waals surface area (Å²) in [5.74, 6) is 0.618. The summed E-state index contributed by atoms with van der Waals surface area (Å²) >= 11 is 0. The van der Waals surface area contributed by atoms with Gasteiger partial charge in [0.1, 0.15) is 5.56 Å². The summed E-state index contributed by atoms with van der Waals surface area (Å²) in [5, 5.41) is 0. The molecular formula is C24H24N2O2. The van der Waals surface area contributed by atoms with Gasteiger partial charge in [-0.15, -0.1) is 0 Å². The first-order valence-electron chi connectivity index (χ1n) is 9.64. The van der Waals surface area contributed by atoms with Gasteiger partial charge in [0.25, 0.3) is 5.91 Å². The van der Waals surface area contributed by atoms with E-state index < -0.39 is 0 Å². The maximum absolute atomic E-state index is 13.6. The fraction of sp³-hybridized carbons (Fsp3) is 0.250. The van der Waals surface area contributed by atoms with E-state index in [1.165, 1.54) is 5.56 Å². The van der Waals surface area contributed by atoms with E-state index in [-0.39, 0.29) is 11.8 Å². The van der Waals surface area contributed by atoms with Gasteiger partial charge in [0.15, 0.2) is 0 Å². The summed E-state index contributed by atoms with van der Waals surface area (Å²) in [6, 6.07) is 20.2. The zero-order valence-electron chi connectivity index (χ0n) is 16.3. The normalized spacial score (nSPS) is 16.7. The molecule has 0 bridgehead atoms. The molecule has 0 unspecified atom stereocenters. The van der Waals surface area contributed by atoms with E-state index in [2.05, 4.69) is 43.1 Å². The third-order valence-electron chi connectivity index (χ3n) is 5.03. The van der Waals surface area contributed by atoms with Crippen molar-refractivity contribution in [3.8, 4) is 17.0 Å². The van der Waals surface area contributed by atoms with Crippen molar-refractivity contribution < 1.29 is 9.53 Å². The second-order valence-corrected chi connectivity index (χ2v) is 7.49. The van der Waals surface area contributed by atoms with Crippen LogP contribution in [0.25, 0.3) is 11.1 Å². The van der Waals surface area contributed by atoms with E-state index in [0.29, 0.717) is 31.1 Å². The number of carbonyl (C=O) groups excluding carboxylic acids is 1. The molecule has 0 saturated heterocycles. The highest BCUT2D eigenvalue weighted by Crippen LogP contribution is 2.32. The van der Waals surface area contributed by atoms with Gasteiger partial charge in [-0.1, -0.05) is 67.1 Å². The summed E-state index contributed by atoms with van der Waals surface area (Å²) in [4.78, 5) is 19.9. The number of hydrogen-bond donors (Lipinski definition) is 0. The Bertz CT molecular complexity index is 968. The summed E-state index contributed by atoms with van der Waals surface area (Å²) in [7, 11) is 0. The van der Waals surface area contributed by atoms with Crippen molar-refractivity contribution in [1.29, 1.82) is 0 Å². The van der Waals surface area contributed by atoms with Crippen molar-refractivity contribution >= 4 is 5.91 Å². The number of fused-ring (bicyclic) bond motifs is 1. The molecule has 1 atom stereocenters. The molecule has 0 fully saturated rings. The molecule has 4 rings (SSSR count). The van der Waals surface area contributed by atoms with Crippen molar-refractivity contribution in [2.45, 2.75) is 20.4 Å². The number of benzene rings is 2. The number of aryl methyl sites for hydroxylation is 1. The first-order chi connectivity index (χ1) is 13.6. The molecule has 1 amide bonds.